The summed E-state index contributed by atoms with van der Waals surface area (Å²) in [4.78, 5) is 0. The van der Waals surface area contributed by atoms with Crippen molar-refractivity contribution in [2.24, 2.45) is 5.16 Å². The highest BCUT2D eigenvalue weighted by Gasteiger charge is 1.97. The molecule has 0 aliphatic rings. The molecule has 1 aromatic carbocycles. The Labute approximate surface area is 78.9 Å². The molecule has 0 heterocycles. The van der Waals surface area contributed by atoms with Crippen molar-refractivity contribution in [3.8, 4) is 0 Å². The van der Waals surface area contributed by atoms with Gasteiger partial charge in [0.25, 0.3) is 0 Å². The molecule has 1 rings (SSSR count). The van der Waals surface area contributed by atoms with Gasteiger partial charge >= 0.3 is 0 Å². The average molecular weight is 177 g/mol. The topological polar surface area (TPSA) is 32.6 Å². The average Bonchev–Trinajstić information content (AvgIpc) is 2.18. The molecular weight excluding hydrogens is 162 g/mol. The minimum Gasteiger partial charge on any atom is -0.411 e. The Kier molecular flexibility index (Phi) is 3.50. The Bertz CT molecular complexity index is 287. The van der Waals surface area contributed by atoms with Crippen LogP contribution in [0.5, 0.6) is 0 Å². The fraction of sp³-hybridized carbons (Fsp3) is 0.364. The lowest BCUT2D eigenvalue weighted by molar-refractivity contribution is 0.319. The van der Waals surface area contributed by atoms with Crippen LogP contribution in [0, 0.1) is 0 Å². The maximum atomic E-state index is 8.55. The molecule has 0 bridgehead atoms. The van der Waals surface area contributed by atoms with Crippen molar-refractivity contribution in [1.29, 1.82) is 0 Å². The summed E-state index contributed by atoms with van der Waals surface area (Å²) in [5.41, 5.74) is 2.96. The van der Waals surface area contributed by atoms with Gasteiger partial charge in [0.15, 0.2) is 0 Å². The monoisotopic (exact) mass is 177 g/mol. The minimum atomic E-state index is 0.656. The molecule has 0 aliphatic carbocycles. The molecule has 0 saturated carbocycles. The lowest BCUT2D eigenvalue weighted by Crippen LogP contribution is -1.94. The van der Waals surface area contributed by atoms with E-state index >= 15 is 0 Å². The minimum absolute atomic E-state index is 0.656. The first-order valence-electron chi connectivity index (χ1n) is 4.56. The number of hydrogen-bond donors (Lipinski definition) is 1. The number of oxime groups is 1. The second-order valence-electron chi connectivity index (χ2n) is 3.13. The van der Waals surface area contributed by atoms with Gasteiger partial charge in [-0.3, -0.25) is 0 Å². The van der Waals surface area contributed by atoms with Gasteiger partial charge in [0, 0.05) is 0 Å². The Balaban J connectivity index is 2.81. The van der Waals surface area contributed by atoms with Gasteiger partial charge in [0.05, 0.1) is 5.71 Å². The van der Waals surface area contributed by atoms with Crippen LogP contribution in [0.2, 0.25) is 0 Å². The van der Waals surface area contributed by atoms with Gasteiger partial charge in [0.1, 0.15) is 0 Å². The maximum Gasteiger partial charge on any atom is 0.0836 e. The summed E-state index contributed by atoms with van der Waals surface area (Å²) in [6.45, 7) is 3.95. The Hall–Kier alpha value is -1.31. The predicted molar refractivity (Wildman–Crippen MR) is 54.4 cm³/mol. The molecule has 0 saturated heterocycles. The molecule has 70 valence electrons. The molecule has 1 N–H and O–H groups in total. The van der Waals surface area contributed by atoms with Crippen LogP contribution >= 0.6 is 0 Å². The van der Waals surface area contributed by atoms with Crippen molar-refractivity contribution in [1.82, 2.24) is 0 Å². The van der Waals surface area contributed by atoms with Crippen molar-refractivity contribution in [2.75, 3.05) is 0 Å². The number of benzene rings is 1. The lowest BCUT2D eigenvalue weighted by Gasteiger charge is -2.01. The van der Waals surface area contributed by atoms with Gasteiger partial charge in [-0.1, -0.05) is 42.8 Å². The van der Waals surface area contributed by atoms with Gasteiger partial charge in [-0.15, -0.1) is 0 Å². The van der Waals surface area contributed by atoms with Crippen LogP contribution < -0.4 is 0 Å². The SMILES string of the molecule is CCCc1ccc(C(C)=NO)cc1. The first kappa shape index (κ1) is 9.78. The molecule has 13 heavy (non-hydrogen) atoms. The Morgan fingerprint density at radius 1 is 1.31 bits per heavy atom. The fourth-order valence-electron chi connectivity index (χ4n) is 1.26. The summed E-state index contributed by atoms with van der Waals surface area (Å²) >= 11 is 0. The molecule has 0 spiro atoms. The Morgan fingerprint density at radius 2 is 1.92 bits per heavy atom. The highest BCUT2D eigenvalue weighted by molar-refractivity contribution is 5.98. The van der Waals surface area contributed by atoms with Crippen molar-refractivity contribution in [2.45, 2.75) is 26.7 Å². The summed E-state index contributed by atoms with van der Waals surface area (Å²) in [5, 5.41) is 11.7. The van der Waals surface area contributed by atoms with E-state index in [0.717, 1.165) is 18.4 Å². The molecule has 0 radical (unpaired) electrons. The molecule has 0 aromatic heterocycles. The van der Waals surface area contributed by atoms with Crippen molar-refractivity contribution < 1.29 is 5.21 Å². The van der Waals surface area contributed by atoms with E-state index < -0.39 is 0 Å². The molecule has 1 aromatic rings. The summed E-state index contributed by atoms with van der Waals surface area (Å²) in [7, 11) is 0. The van der Waals surface area contributed by atoms with E-state index in [2.05, 4.69) is 24.2 Å². The zero-order chi connectivity index (χ0) is 9.68. The lowest BCUT2D eigenvalue weighted by atomic mass is 10.1. The molecule has 2 nitrogen and oxygen atoms in total. The van der Waals surface area contributed by atoms with Gasteiger partial charge in [0.2, 0.25) is 0 Å². The molecular formula is C11H15NO. The fourth-order valence-corrected chi connectivity index (χ4v) is 1.26. The van der Waals surface area contributed by atoms with Crippen molar-refractivity contribution >= 4 is 5.71 Å². The van der Waals surface area contributed by atoms with Gasteiger partial charge in [-0.2, -0.15) is 0 Å². The number of hydrogen-bond acceptors (Lipinski definition) is 2. The normalized spacial score (nSPS) is 11.7. The predicted octanol–water partition coefficient (Wildman–Crippen LogP) is 2.84. The number of rotatable bonds is 3. The van der Waals surface area contributed by atoms with E-state index in [1.165, 1.54) is 5.56 Å². The first-order chi connectivity index (χ1) is 6.27. The van der Waals surface area contributed by atoms with Crippen LogP contribution in [0.25, 0.3) is 0 Å². The molecule has 2 heteroatoms. The van der Waals surface area contributed by atoms with E-state index in [1.54, 1.807) is 6.92 Å². The van der Waals surface area contributed by atoms with Gasteiger partial charge < -0.3 is 5.21 Å². The third-order valence-corrected chi connectivity index (χ3v) is 2.06. The zero-order valence-corrected chi connectivity index (χ0v) is 8.12. The molecule has 0 amide bonds. The largest absolute Gasteiger partial charge is 0.411 e. The molecule has 0 unspecified atom stereocenters. The number of nitrogens with zero attached hydrogens (tertiary/aromatic N) is 1. The van der Waals surface area contributed by atoms with Crippen LogP contribution in [-0.4, -0.2) is 10.9 Å². The van der Waals surface area contributed by atoms with Crippen molar-refractivity contribution in [3.05, 3.63) is 35.4 Å². The molecule has 0 fully saturated rings. The van der Waals surface area contributed by atoms with Gasteiger partial charge in [-0.05, 0) is 24.5 Å². The summed E-state index contributed by atoms with van der Waals surface area (Å²) in [5.74, 6) is 0. The first-order valence-corrected chi connectivity index (χ1v) is 4.56. The van der Waals surface area contributed by atoms with Crippen LogP contribution in [0.4, 0.5) is 0 Å². The van der Waals surface area contributed by atoms with Gasteiger partial charge in [-0.25, -0.2) is 0 Å². The van der Waals surface area contributed by atoms with Crippen molar-refractivity contribution in [3.63, 3.8) is 0 Å². The van der Waals surface area contributed by atoms with E-state index in [9.17, 15) is 0 Å². The standard InChI is InChI=1S/C11H15NO/c1-3-4-10-5-7-11(8-6-10)9(2)12-13/h5-8,13H,3-4H2,1-2H3. The van der Waals surface area contributed by atoms with Crippen LogP contribution in [0.3, 0.4) is 0 Å². The smallest absolute Gasteiger partial charge is 0.0836 e. The second-order valence-corrected chi connectivity index (χ2v) is 3.13. The van der Waals surface area contributed by atoms with E-state index in [4.69, 9.17) is 5.21 Å². The summed E-state index contributed by atoms with van der Waals surface area (Å²) in [6, 6.07) is 8.13. The van der Waals surface area contributed by atoms with Crippen LogP contribution in [0.1, 0.15) is 31.4 Å². The third kappa shape index (κ3) is 2.58. The van der Waals surface area contributed by atoms with E-state index in [1.807, 2.05) is 12.1 Å². The maximum absolute atomic E-state index is 8.55. The van der Waals surface area contributed by atoms with Crippen LogP contribution in [-0.2, 0) is 6.42 Å². The second kappa shape index (κ2) is 4.65. The molecule has 0 aliphatic heterocycles. The van der Waals surface area contributed by atoms with Crippen LogP contribution in [0.15, 0.2) is 29.4 Å². The number of aryl methyl sites for hydroxylation is 1. The Morgan fingerprint density at radius 3 is 2.38 bits per heavy atom. The van der Waals surface area contributed by atoms with E-state index in [0.29, 0.717) is 5.71 Å². The quantitative estimate of drug-likeness (QED) is 0.430. The third-order valence-electron chi connectivity index (χ3n) is 2.06. The summed E-state index contributed by atoms with van der Waals surface area (Å²) < 4.78 is 0. The van der Waals surface area contributed by atoms with E-state index in [-0.39, 0.29) is 0 Å². The zero-order valence-electron chi connectivity index (χ0n) is 8.12. The highest BCUT2D eigenvalue weighted by atomic mass is 16.4. The molecule has 0 atom stereocenters. The summed E-state index contributed by atoms with van der Waals surface area (Å²) in [6.07, 6.45) is 2.27. The highest BCUT2D eigenvalue weighted by Crippen LogP contribution is 2.07.